The van der Waals surface area contributed by atoms with Gasteiger partial charge in [-0.05, 0) is 57.6 Å². The number of carbonyl (C=O) groups excluding carboxylic acids is 9. The van der Waals surface area contributed by atoms with E-state index in [1.54, 1.807) is 30.3 Å². The van der Waals surface area contributed by atoms with Crippen molar-refractivity contribution in [3.8, 4) is 0 Å². The number of rotatable bonds is 17. The monoisotopic (exact) mass is 866 g/mol. The molecule has 1 aliphatic rings. The Morgan fingerprint density at radius 1 is 0.823 bits per heavy atom. The van der Waals surface area contributed by atoms with E-state index in [-0.39, 0.29) is 51.5 Å². The number of carbonyl (C=O) groups is 9. The first-order valence-electron chi connectivity index (χ1n) is 21.0. The van der Waals surface area contributed by atoms with Crippen LogP contribution < -0.4 is 54.0 Å². The Hall–Kier alpha value is -6.38. The molecule has 1 saturated heterocycles. The molecular weight excluding hydrogens is 805 g/mol. The molecule has 1 fully saturated rings. The summed E-state index contributed by atoms with van der Waals surface area (Å²) in [5.74, 6) is -6.50. The first kappa shape index (κ1) is 50.0. The second-order valence-corrected chi connectivity index (χ2v) is 15.3. The van der Waals surface area contributed by atoms with Gasteiger partial charge in [0.05, 0.1) is 6.33 Å². The molecule has 1 aromatic heterocycles. The van der Waals surface area contributed by atoms with Crippen LogP contribution in [0.15, 0.2) is 42.9 Å². The molecule has 340 valence electrons. The van der Waals surface area contributed by atoms with Crippen molar-refractivity contribution in [2.24, 2.45) is 11.5 Å². The highest BCUT2D eigenvalue weighted by Gasteiger charge is 2.34. The number of amides is 9. The standard InChI is InChI=1S/C41H62N12O9/c1-4-5-13-29(48-25(3)54)37(58)51-30-15-16-34(55)45-19-17-31(39(60)49-28(35(43)56)14-9-10-18-42)50-36(57)24(2)47-40(61)32(20-26-11-7-6-8-12-26)52-41(62)33(53-38(30)59)21-27-22-44-23-46-27/h6-8,11-12,22-24,28-33H,4-5,9-10,13-21,42H2,1-3H3,(H2,43,56)(H,44,46)(H,45,55)(H,47,61)(H,48,54)(H,49,60)(H,50,57)(H,51,58)(H,52,62)(H,53,59)/t24-,28-,29-,30-,31-,32+,33-/m0/s1. The lowest BCUT2D eigenvalue weighted by atomic mass is 10.0. The highest BCUT2D eigenvalue weighted by atomic mass is 16.2. The predicted molar refractivity (Wildman–Crippen MR) is 226 cm³/mol. The van der Waals surface area contributed by atoms with Crippen LogP contribution in [0.1, 0.15) is 89.8 Å². The van der Waals surface area contributed by atoms with Gasteiger partial charge in [-0.3, -0.25) is 43.2 Å². The average Bonchev–Trinajstić information content (AvgIpc) is 3.75. The zero-order valence-electron chi connectivity index (χ0n) is 35.6. The van der Waals surface area contributed by atoms with E-state index < -0.39 is 95.5 Å². The van der Waals surface area contributed by atoms with Crippen LogP contribution in [0.2, 0.25) is 0 Å². The van der Waals surface area contributed by atoms with E-state index in [2.05, 4.69) is 52.5 Å². The SMILES string of the molecule is CCCC[C@H](NC(C)=O)C(=O)N[C@H]1CCC(=O)NCC[C@@H](C(=O)N[C@@H](CCCCN)C(N)=O)NC(=O)[C@H](C)NC(=O)[C@@H](Cc2ccccc2)NC(=O)[C@H](Cc2cnc[nH]2)NC1=O. The van der Waals surface area contributed by atoms with Crippen LogP contribution in [-0.4, -0.2) is 119 Å². The van der Waals surface area contributed by atoms with Crippen LogP contribution in [0, 0.1) is 0 Å². The molecule has 7 atom stereocenters. The van der Waals surface area contributed by atoms with Gasteiger partial charge in [0.15, 0.2) is 0 Å². The Morgan fingerprint density at radius 2 is 1.50 bits per heavy atom. The number of aromatic amines is 1. The van der Waals surface area contributed by atoms with Gasteiger partial charge in [0.2, 0.25) is 53.2 Å². The zero-order valence-corrected chi connectivity index (χ0v) is 35.6. The van der Waals surface area contributed by atoms with Crippen LogP contribution in [0.5, 0.6) is 0 Å². The fourth-order valence-corrected chi connectivity index (χ4v) is 6.61. The smallest absolute Gasteiger partial charge is 0.243 e. The van der Waals surface area contributed by atoms with Crippen molar-refractivity contribution in [2.45, 2.75) is 134 Å². The Kier molecular flexibility index (Phi) is 21.0. The molecule has 21 nitrogen and oxygen atoms in total. The molecule has 13 N–H and O–H groups in total. The number of imidazole rings is 1. The van der Waals surface area contributed by atoms with E-state index in [1.807, 2.05) is 6.92 Å². The molecule has 1 aromatic carbocycles. The summed E-state index contributed by atoms with van der Waals surface area (Å²) in [5, 5.41) is 21.0. The topological polar surface area (TPSA) is 331 Å². The fraction of sp³-hybridized carbons (Fsp3) is 0.561. The molecule has 1 aliphatic heterocycles. The Balaban J connectivity index is 2.03. The molecule has 3 rings (SSSR count). The second-order valence-electron chi connectivity index (χ2n) is 15.3. The van der Waals surface area contributed by atoms with Crippen LogP contribution >= 0.6 is 0 Å². The fourth-order valence-electron chi connectivity index (χ4n) is 6.61. The van der Waals surface area contributed by atoms with Crippen molar-refractivity contribution in [1.82, 2.24) is 52.5 Å². The Labute approximate surface area is 360 Å². The van der Waals surface area contributed by atoms with Crippen molar-refractivity contribution < 1.29 is 43.2 Å². The number of hydrogen-bond acceptors (Lipinski definition) is 11. The lowest BCUT2D eigenvalue weighted by Crippen LogP contribution is -2.60. The van der Waals surface area contributed by atoms with Crippen LogP contribution in [0.3, 0.4) is 0 Å². The van der Waals surface area contributed by atoms with Gasteiger partial charge >= 0.3 is 0 Å². The van der Waals surface area contributed by atoms with Crippen molar-refractivity contribution in [3.63, 3.8) is 0 Å². The van der Waals surface area contributed by atoms with Gasteiger partial charge in [-0.25, -0.2) is 4.98 Å². The maximum atomic E-state index is 14.2. The highest BCUT2D eigenvalue weighted by Crippen LogP contribution is 2.10. The van der Waals surface area contributed by atoms with Crippen molar-refractivity contribution >= 4 is 53.2 Å². The third-order valence-electron chi connectivity index (χ3n) is 10.1. The highest BCUT2D eigenvalue weighted by molar-refractivity contribution is 5.97. The van der Waals surface area contributed by atoms with Gasteiger partial charge in [-0.1, -0.05) is 50.1 Å². The maximum Gasteiger partial charge on any atom is 0.243 e. The van der Waals surface area contributed by atoms with E-state index in [0.29, 0.717) is 43.5 Å². The predicted octanol–water partition coefficient (Wildman–Crippen LogP) is -2.27. The normalized spacial score (nSPS) is 21.7. The van der Waals surface area contributed by atoms with E-state index in [4.69, 9.17) is 11.5 Å². The molecule has 0 saturated carbocycles. The molecule has 2 aromatic rings. The number of unbranched alkanes of at least 4 members (excludes halogenated alkanes) is 2. The van der Waals surface area contributed by atoms with Crippen molar-refractivity contribution in [3.05, 3.63) is 54.1 Å². The molecule has 0 aliphatic carbocycles. The Morgan fingerprint density at radius 3 is 2.15 bits per heavy atom. The minimum Gasteiger partial charge on any atom is -0.368 e. The lowest BCUT2D eigenvalue weighted by molar-refractivity contribution is -0.135. The summed E-state index contributed by atoms with van der Waals surface area (Å²) in [5.41, 5.74) is 12.2. The summed E-state index contributed by atoms with van der Waals surface area (Å²) >= 11 is 0. The van der Waals surface area contributed by atoms with Crippen molar-refractivity contribution in [1.29, 1.82) is 0 Å². The zero-order chi connectivity index (χ0) is 45.6. The number of nitrogens with one attached hydrogen (secondary N) is 9. The van der Waals surface area contributed by atoms with E-state index in [0.717, 1.165) is 0 Å². The third-order valence-corrected chi connectivity index (χ3v) is 10.1. The summed E-state index contributed by atoms with van der Waals surface area (Å²) in [4.78, 5) is 127. The van der Waals surface area contributed by atoms with E-state index in [1.165, 1.54) is 26.4 Å². The van der Waals surface area contributed by atoms with Crippen molar-refractivity contribution in [2.75, 3.05) is 13.1 Å². The van der Waals surface area contributed by atoms with Gasteiger partial charge in [0, 0.05) is 44.6 Å². The molecule has 0 bridgehead atoms. The molecule has 9 amide bonds. The number of nitrogens with two attached hydrogens (primary N) is 2. The summed E-state index contributed by atoms with van der Waals surface area (Å²) in [6, 6.07) is 0.0456. The molecule has 0 spiro atoms. The van der Waals surface area contributed by atoms with Gasteiger partial charge < -0.3 is 59.0 Å². The first-order chi connectivity index (χ1) is 29.6. The lowest BCUT2D eigenvalue weighted by Gasteiger charge is -2.27. The summed E-state index contributed by atoms with van der Waals surface area (Å²) in [7, 11) is 0. The van der Waals surface area contributed by atoms with Gasteiger partial charge in [-0.2, -0.15) is 0 Å². The summed E-state index contributed by atoms with van der Waals surface area (Å²) < 4.78 is 0. The van der Waals surface area contributed by atoms with Crippen LogP contribution in [0.25, 0.3) is 0 Å². The third kappa shape index (κ3) is 17.3. The van der Waals surface area contributed by atoms with Gasteiger partial charge in [0.25, 0.3) is 0 Å². The first-order valence-corrected chi connectivity index (χ1v) is 21.0. The summed E-state index contributed by atoms with van der Waals surface area (Å²) in [6.45, 7) is 4.73. The quantitative estimate of drug-likeness (QED) is 0.0754. The molecule has 0 unspecified atom stereocenters. The number of benzene rings is 1. The average molecular weight is 867 g/mol. The van der Waals surface area contributed by atoms with Crippen LogP contribution in [-0.2, 0) is 56.0 Å². The van der Waals surface area contributed by atoms with Gasteiger partial charge in [0.1, 0.15) is 42.3 Å². The molecule has 62 heavy (non-hydrogen) atoms. The van der Waals surface area contributed by atoms with E-state index in [9.17, 15) is 43.2 Å². The number of nitrogens with zero attached hydrogens (tertiary/aromatic N) is 1. The van der Waals surface area contributed by atoms with E-state index >= 15 is 0 Å². The molecule has 0 radical (unpaired) electrons. The minimum absolute atomic E-state index is 0.0318. The van der Waals surface area contributed by atoms with Crippen LogP contribution in [0.4, 0.5) is 0 Å². The largest absolute Gasteiger partial charge is 0.368 e. The maximum absolute atomic E-state index is 14.2. The number of aromatic nitrogens is 2. The number of hydrogen-bond donors (Lipinski definition) is 11. The Bertz CT molecular complexity index is 1830. The second kappa shape index (κ2) is 26.1. The molecule has 2 heterocycles. The van der Waals surface area contributed by atoms with Gasteiger partial charge in [-0.15, -0.1) is 0 Å². The minimum atomic E-state index is -1.39. The number of primary amides is 1. The molecular formula is C41H62N12O9. The molecule has 21 heteroatoms. The number of H-pyrrole nitrogens is 1. The summed E-state index contributed by atoms with van der Waals surface area (Å²) in [6.07, 6.45) is 4.72.